The topological polar surface area (TPSA) is 76.9 Å². The summed E-state index contributed by atoms with van der Waals surface area (Å²) in [7, 11) is 2.04. The molecule has 6 nitrogen and oxygen atoms in total. The van der Waals surface area contributed by atoms with E-state index >= 15 is 0 Å². The summed E-state index contributed by atoms with van der Waals surface area (Å²) in [4.78, 5) is 12.2. The highest BCUT2D eigenvalue weighted by atomic mass is 15.2. The molecule has 1 aliphatic heterocycles. The Balaban J connectivity index is 1.68. The van der Waals surface area contributed by atoms with Crippen molar-refractivity contribution in [1.29, 1.82) is 5.26 Å². The zero-order chi connectivity index (χ0) is 19.5. The molecule has 1 atom stereocenters. The number of aromatic nitrogens is 2. The lowest BCUT2D eigenvalue weighted by Crippen LogP contribution is -2.45. The average Bonchev–Trinajstić information content (AvgIpc) is 2.74. The van der Waals surface area contributed by atoms with Crippen LogP contribution in [-0.2, 0) is 12.8 Å². The predicted molar refractivity (Wildman–Crippen MR) is 112 cm³/mol. The van der Waals surface area contributed by atoms with Crippen LogP contribution in [0.4, 0.5) is 17.5 Å². The minimum atomic E-state index is 0.509. The SMILES string of the molecule is CNC1CCCN(c2nc(Nc3ccc(C)c(C#N)c3)nc3c2CCCC3)C1. The zero-order valence-corrected chi connectivity index (χ0v) is 16.8. The molecular weight excluding hydrogens is 348 g/mol. The summed E-state index contributed by atoms with van der Waals surface area (Å²) >= 11 is 0. The average molecular weight is 377 g/mol. The van der Waals surface area contributed by atoms with Gasteiger partial charge in [0, 0.05) is 30.4 Å². The van der Waals surface area contributed by atoms with Gasteiger partial charge in [-0.15, -0.1) is 0 Å². The van der Waals surface area contributed by atoms with E-state index in [9.17, 15) is 5.26 Å². The number of piperidine rings is 1. The molecule has 1 aliphatic carbocycles. The highest BCUT2D eigenvalue weighted by molar-refractivity contribution is 5.61. The number of rotatable bonds is 4. The van der Waals surface area contributed by atoms with Crippen LogP contribution in [0.3, 0.4) is 0 Å². The van der Waals surface area contributed by atoms with E-state index in [4.69, 9.17) is 9.97 Å². The molecule has 6 heteroatoms. The van der Waals surface area contributed by atoms with Gasteiger partial charge in [-0.25, -0.2) is 4.98 Å². The van der Waals surface area contributed by atoms with Crippen molar-refractivity contribution in [2.45, 2.75) is 51.5 Å². The van der Waals surface area contributed by atoms with Crippen LogP contribution in [0.1, 0.15) is 48.1 Å². The van der Waals surface area contributed by atoms with Gasteiger partial charge < -0.3 is 15.5 Å². The van der Waals surface area contributed by atoms with Crippen LogP contribution in [-0.4, -0.2) is 36.1 Å². The molecule has 28 heavy (non-hydrogen) atoms. The lowest BCUT2D eigenvalue weighted by Gasteiger charge is -2.35. The van der Waals surface area contributed by atoms with Gasteiger partial charge in [0.25, 0.3) is 0 Å². The van der Waals surface area contributed by atoms with Crippen molar-refractivity contribution in [2.75, 3.05) is 30.4 Å². The molecule has 1 fully saturated rings. The minimum Gasteiger partial charge on any atom is -0.355 e. The molecule has 2 aliphatic rings. The quantitative estimate of drug-likeness (QED) is 0.851. The van der Waals surface area contributed by atoms with Crippen LogP contribution in [0.5, 0.6) is 0 Å². The maximum absolute atomic E-state index is 9.31. The molecule has 0 amide bonds. The molecule has 2 heterocycles. The number of aryl methyl sites for hydroxylation is 2. The lowest BCUT2D eigenvalue weighted by atomic mass is 9.95. The van der Waals surface area contributed by atoms with Crippen molar-refractivity contribution < 1.29 is 0 Å². The third-order valence-electron chi connectivity index (χ3n) is 5.90. The highest BCUT2D eigenvalue weighted by Crippen LogP contribution is 2.31. The molecule has 0 radical (unpaired) electrons. The fraction of sp³-hybridized carbons (Fsp3) is 0.500. The highest BCUT2D eigenvalue weighted by Gasteiger charge is 2.25. The molecule has 1 saturated heterocycles. The zero-order valence-electron chi connectivity index (χ0n) is 16.8. The molecule has 2 N–H and O–H groups in total. The number of fused-ring (bicyclic) bond motifs is 1. The Hall–Kier alpha value is -2.65. The number of nitriles is 1. The number of hydrogen-bond acceptors (Lipinski definition) is 6. The second-order valence-electron chi connectivity index (χ2n) is 7.84. The first kappa shape index (κ1) is 18.7. The summed E-state index contributed by atoms with van der Waals surface area (Å²) in [6.45, 7) is 3.98. The summed E-state index contributed by atoms with van der Waals surface area (Å²) < 4.78 is 0. The van der Waals surface area contributed by atoms with E-state index in [0.717, 1.165) is 43.0 Å². The van der Waals surface area contributed by atoms with Crippen molar-refractivity contribution >= 4 is 17.5 Å². The van der Waals surface area contributed by atoms with Gasteiger partial charge in [-0.1, -0.05) is 6.07 Å². The first-order valence-electron chi connectivity index (χ1n) is 10.3. The largest absolute Gasteiger partial charge is 0.355 e. The van der Waals surface area contributed by atoms with Crippen LogP contribution in [0.15, 0.2) is 18.2 Å². The summed E-state index contributed by atoms with van der Waals surface area (Å²) in [5.74, 6) is 1.73. The Morgan fingerprint density at radius 1 is 1.18 bits per heavy atom. The van der Waals surface area contributed by atoms with E-state index in [2.05, 4.69) is 21.6 Å². The third-order valence-corrected chi connectivity index (χ3v) is 5.90. The molecule has 0 saturated carbocycles. The number of hydrogen-bond donors (Lipinski definition) is 2. The Morgan fingerprint density at radius 2 is 2.04 bits per heavy atom. The van der Waals surface area contributed by atoms with Crippen molar-refractivity contribution in [3.63, 3.8) is 0 Å². The second kappa shape index (κ2) is 8.15. The van der Waals surface area contributed by atoms with Gasteiger partial charge in [0.15, 0.2) is 0 Å². The van der Waals surface area contributed by atoms with Crippen LogP contribution in [0, 0.1) is 18.3 Å². The number of anilines is 3. The fourth-order valence-electron chi connectivity index (χ4n) is 4.25. The van der Waals surface area contributed by atoms with E-state index in [-0.39, 0.29) is 0 Å². The van der Waals surface area contributed by atoms with E-state index < -0.39 is 0 Å². The molecule has 0 bridgehead atoms. The summed E-state index contributed by atoms with van der Waals surface area (Å²) in [5, 5.41) is 16.1. The predicted octanol–water partition coefficient (Wildman–Crippen LogP) is 3.47. The Kier molecular flexibility index (Phi) is 5.45. The number of benzene rings is 1. The second-order valence-corrected chi connectivity index (χ2v) is 7.84. The molecule has 1 aromatic heterocycles. The van der Waals surface area contributed by atoms with Crippen molar-refractivity contribution in [3.05, 3.63) is 40.6 Å². The third kappa shape index (κ3) is 3.81. The summed E-state index contributed by atoms with van der Waals surface area (Å²) in [6, 6.07) is 8.57. The van der Waals surface area contributed by atoms with E-state index in [1.165, 1.54) is 36.9 Å². The van der Waals surface area contributed by atoms with Gasteiger partial charge in [-0.05, 0) is 70.2 Å². The number of likely N-dealkylation sites (N-methyl/N-ethyl adjacent to an activating group) is 1. The molecular formula is C22H28N6. The van der Waals surface area contributed by atoms with Gasteiger partial charge in [-0.3, -0.25) is 0 Å². The normalized spacial score (nSPS) is 19.0. The lowest BCUT2D eigenvalue weighted by molar-refractivity contribution is 0.446. The van der Waals surface area contributed by atoms with Gasteiger partial charge in [0.2, 0.25) is 5.95 Å². The Morgan fingerprint density at radius 3 is 2.86 bits per heavy atom. The molecule has 0 spiro atoms. The maximum atomic E-state index is 9.31. The Bertz CT molecular complexity index is 901. The van der Waals surface area contributed by atoms with Crippen molar-refractivity contribution in [2.24, 2.45) is 0 Å². The molecule has 1 aromatic carbocycles. The van der Waals surface area contributed by atoms with E-state index in [0.29, 0.717) is 17.6 Å². The number of nitrogens with one attached hydrogen (secondary N) is 2. The van der Waals surface area contributed by atoms with Gasteiger partial charge >= 0.3 is 0 Å². The summed E-state index contributed by atoms with van der Waals surface area (Å²) in [6.07, 6.45) is 6.87. The van der Waals surface area contributed by atoms with Crippen LogP contribution in [0.25, 0.3) is 0 Å². The van der Waals surface area contributed by atoms with Gasteiger partial charge in [0.05, 0.1) is 17.3 Å². The van der Waals surface area contributed by atoms with Crippen LogP contribution < -0.4 is 15.5 Å². The van der Waals surface area contributed by atoms with Crippen LogP contribution >= 0.6 is 0 Å². The fourth-order valence-corrected chi connectivity index (χ4v) is 4.25. The monoisotopic (exact) mass is 376 g/mol. The van der Waals surface area contributed by atoms with Gasteiger partial charge in [-0.2, -0.15) is 10.2 Å². The van der Waals surface area contributed by atoms with Crippen molar-refractivity contribution in [1.82, 2.24) is 15.3 Å². The standard InChI is InChI=1S/C22H28N6/c1-15-9-10-17(12-16(15)13-23)25-22-26-20-8-4-3-7-19(20)21(27-22)28-11-5-6-18(14-28)24-2/h9-10,12,18,24H,3-8,11,14H2,1-2H3,(H,25,26,27). The first-order valence-corrected chi connectivity index (χ1v) is 10.3. The molecule has 1 unspecified atom stereocenters. The molecule has 4 rings (SSSR count). The minimum absolute atomic E-state index is 0.509. The number of nitrogens with zero attached hydrogens (tertiary/aromatic N) is 4. The van der Waals surface area contributed by atoms with Gasteiger partial charge in [0.1, 0.15) is 5.82 Å². The van der Waals surface area contributed by atoms with E-state index in [1.54, 1.807) is 0 Å². The molecule has 2 aromatic rings. The van der Waals surface area contributed by atoms with Crippen LogP contribution in [0.2, 0.25) is 0 Å². The van der Waals surface area contributed by atoms with Crippen molar-refractivity contribution in [3.8, 4) is 6.07 Å². The maximum Gasteiger partial charge on any atom is 0.229 e. The van der Waals surface area contributed by atoms with E-state index in [1.807, 2.05) is 32.2 Å². The Labute approximate surface area is 167 Å². The summed E-state index contributed by atoms with van der Waals surface area (Å²) in [5.41, 5.74) is 5.02. The smallest absolute Gasteiger partial charge is 0.229 e. The first-order chi connectivity index (χ1) is 13.7. The molecule has 146 valence electrons.